The van der Waals surface area contributed by atoms with Gasteiger partial charge < -0.3 is 9.84 Å². The zero-order valence-corrected chi connectivity index (χ0v) is 15.3. The quantitative estimate of drug-likeness (QED) is 0.871. The molecule has 1 aliphatic rings. The van der Waals surface area contributed by atoms with Crippen molar-refractivity contribution in [2.75, 3.05) is 32.8 Å². The first-order valence-electron chi connectivity index (χ1n) is 9.28. The Labute approximate surface area is 151 Å². The summed E-state index contributed by atoms with van der Waals surface area (Å²) in [6.45, 7) is 8.40. The van der Waals surface area contributed by atoms with E-state index in [9.17, 15) is 5.11 Å². The van der Waals surface area contributed by atoms with Gasteiger partial charge >= 0.3 is 0 Å². The Hall–Kier alpha value is -1.68. The van der Waals surface area contributed by atoms with Gasteiger partial charge in [0.05, 0.1) is 18.8 Å². The molecule has 1 aliphatic heterocycles. The van der Waals surface area contributed by atoms with Crippen molar-refractivity contribution >= 4 is 0 Å². The normalized spacial score (nSPS) is 19.3. The van der Waals surface area contributed by atoms with Crippen molar-refractivity contribution < 1.29 is 9.84 Å². The van der Waals surface area contributed by atoms with E-state index in [0.717, 1.165) is 38.4 Å². The monoisotopic (exact) mass is 339 g/mol. The molecule has 0 aromatic heterocycles. The van der Waals surface area contributed by atoms with E-state index in [0.29, 0.717) is 6.42 Å². The van der Waals surface area contributed by atoms with E-state index in [2.05, 4.69) is 67.3 Å². The van der Waals surface area contributed by atoms with Crippen LogP contribution in [-0.4, -0.2) is 42.9 Å². The zero-order chi connectivity index (χ0) is 17.7. The van der Waals surface area contributed by atoms with Gasteiger partial charge in [-0.1, -0.05) is 67.1 Å². The highest BCUT2D eigenvalue weighted by Crippen LogP contribution is 2.40. The molecule has 0 aliphatic carbocycles. The van der Waals surface area contributed by atoms with E-state index in [4.69, 9.17) is 4.74 Å². The Morgan fingerprint density at radius 3 is 2.28 bits per heavy atom. The number of aliphatic hydroxyl groups is 1. The SMILES string of the molecule is CC[C@](O)(c1ccc(C)cc1)[C@H](CN1CCOCC1)c1ccccc1. The molecule has 2 aromatic rings. The Bertz CT molecular complexity index is 649. The lowest BCUT2D eigenvalue weighted by atomic mass is 9.75. The fourth-order valence-corrected chi connectivity index (χ4v) is 3.75. The van der Waals surface area contributed by atoms with E-state index >= 15 is 0 Å². The summed E-state index contributed by atoms with van der Waals surface area (Å²) in [7, 11) is 0. The number of aryl methyl sites for hydroxylation is 1. The fourth-order valence-electron chi connectivity index (χ4n) is 3.75. The molecule has 0 unspecified atom stereocenters. The minimum Gasteiger partial charge on any atom is -0.384 e. The molecule has 0 amide bonds. The Morgan fingerprint density at radius 2 is 1.68 bits per heavy atom. The lowest BCUT2D eigenvalue weighted by Crippen LogP contribution is -2.44. The fraction of sp³-hybridized carbons (Fsp3) is 0.455. The van der Waals surface area contributed by atoms with Gasteiger partial charge in [-0.2, -0.15) is 0 Å². The number of rotatable bonds is 6. The van der Waals surface area contributed by atoms with Gasteiger partial charge in [-0.15, -0.1) is 0 Å². The van der Waals surface area contributed by atoms with Crippen LogP contribution in [0.4, 0.5) is 0 Å². The molecular weight excluding hydrogens is 310 g/mol. The number of morpholine rings is 1. The van der Waals surface area contributed by atoms with E-state index in [1.165, 1.54) is 11.1 Å². The Kier molecular flexibility index (Phi) is 5.89. The van der Waals surface area contributed by atoms with Crippen LogP contribution in [-0.2, 0) is 10.3 Å². The lowest BCUT2D eigenvalue weighted by Gasteiger charge is -2.40. The summed E-state index contributed by atoms with van der Waals surface area (Å²) in [6, 6.07) is 18.8. The van der Waals surface area contributed by atoms with E-state index in [-0.39, 0.29) is 5.92 Å². The largest absolute Gasteiger partial charge is 0.384 e. The standard InChI is InChI=1S/C22H29NO2/c1-3-22(24,20-11-9-18(2)10-12-20)21(19-7-5-4-6-8-19)17-23-13-15-25-16-14-23/h4-12,21,24H,3,13-17H2,1-2H3/t21-,22+/m1/s1. The highest BCUT2D eigenvalue weighted by molar-refractivity contribution is 5.33. The molecule has 3 rings (SSSR count). The molecular formula is C22H29NO2. The third-order valence-electron chi connectivity index (χ3n) is 5.41. The first kappa shape index (κ1) is 18.1. The number of benzene rings is 2. The highest BCUT2D eigenvalue weighted by atomic mass is 16.5. The summed E-state index contributed by atoms with van der Waals surface area (Å²) in [5.74, 6) is 0.0273. The zero-order valence-electron chi connectivity index (χ0n) is 15.3. The van der Waals surface area contributed by atoms with Crippen molar-refractivity contribution in [1.29, 1.82) is 0 Å². The van der Waals surface area contributed by atoms with Gasteiger partial charge in [-0.25, -0.2) is 0 Å². The molecule has 1 heterocycles. The molecule has 3 nitrogen and oxygen atoms in total. The minimum atomic E-state index is -0.882. The molecule has 134 valence electrons. The van der Waals surface area contributed by atoms with Crippen molar-refractivity contribution in [2.45, 2.75) is 31.8 Å². The first-order chi connectivity index (χ1) is 12.1. The molecule has 1 fully saturated rings. The average molecular weight is 339 g/mol. The Balaban J connectivity index is 1.96. The van der Waals surface area contributed by atoms with Crippen LogP contribution >= 0.6 is 0 Å². The predicted octanol–water partition coefficient (Wildman–Crippen LogP) is 3.71. The topological polar surface area (TPSA) is 32.7 Å². The van der Waals surface area contributed by atoms with E-state index < -0.39 is 5.60 Å². The summed E-state index contributed by atoms with van der Waals surface area (Å²) < 4.78 is 5.49. The van der Waals surface area contributed by atoms with Gasteiger partial charge in [-0.05, 0) is 24.5 Å². The van der Waals surface area contributed by atoms with Crippen molar-refractivity contribution in [2.24, 2.45) is 0 Å². The van der Waals surface area contributed by atoms with E-state index in [1.807, 2.05) is 6.07 Å². The van der Waals surface area contributed by atoms with Gasteiger partial charge in [0.1, 0.15) is 0 Å². The van der Waals surface area contributed by atoms with E-state index in [1.54, 1.807) is 0 Å². The number of ether oxygens (including phenoxy) is 1. The maximum absolute atomic E-state index is 11.8. The smallest absolute Gasteiger partial charge is 0.0974 e. The molecule has 1 saturated heterocycles. The third-order valence-corrected chi connectivity index (χ3v) is 5.41. The molecule has 3 heteroatoms. The summed E-state index contributed by atoms with van der Waals surface area (Å²) in [5.41, 5.74) is 2.53. The van der Waals surface area contributed by atoms with Crippen LogP contribution in [0.5, 0.6) is 0 Å². The number of hydrogen-bond acceptors (Lipinski definition) is 3. The second kappa shape index (κ2) is 8.13. The number of nitrogens with zero attached hydrogens (tertiary/aromatic N) is 1. The van der Waals surface area contributed by atoms with Crippen LogP contribution in [0, 0.1) is 6.92 Å². The highest BCUT2D eigenvalue weighted by Gasteiger charge is 2.39. The number of hydrogen-bond donors (Lipinski definition) is 1. The van der Waals surface area contributed by atoms with Crippen LogP contribution in [0.3, 0.4) is 0 Å². The van der Waals surface area contributed by atoms with Crippen LogP contribution in [0.1, 0.15) is 36.0 Å². The Morgan fingerprint density at radius 1 is 1.04 bits per heavy atom. The van der Waals surface area contributed by atoms with Crippen LogP contribution in [0.15, 0.2) is 54.6 Å². The van der Waals surface area contributed by atoms with Crippen molar-refractivity contribution in [3.63, 3.8) is 0 Å². The predicted molar refractivity (Wildman–Crippen MR) is 102 cm³/mol. The summed E-state index contributed by atoms with van der Waals surface area (Å²) in [4.78, 5) is 2.41. The van der Waals surface area contributed by atoms with Gasteiger partial charge in [0.25, 0.3) is 0 Å². The molecule has 0 bridgehead atoms. The summed E-state index contributed by atoms with van der Waals surface area (Å²) >= 11 is 0. The second-order valence-electron chi connectivity index (χ2n) is 7.02. The molecule has 1 N–H and O–H groups in total. The molecule has 0 radical (unpaired) electrons. The molecule has 25 heavy (non-hydrogen) atoms. The second-order valence-corrected chi connectivity index (χ2v) is 7.02. The van der Waals surface area contributed by atoms with Crippen molar-refractivity contribution in [1.82, 2.24) is 4.90 Å². The van der Waals surface area contributed by atoms with Gasteiger partial charge in [-0.3, -0.25) is 4.90 Å². The first-order valence-corrected chi connectivity index (χ1v) is 9.28. The van der Waals surface area contributed by atoms with Crippen LogP contribution < -0.4 is 0 Å². The minimum absolute atomic E-state index is 0.0273. The van der Waals surface area contributed by atoms with Crippen molar-refractivity contribution in [3.05, 3.63) is 71.3 Å². The van der Waals surface area contributed by atoms with Crippen LogP contribution in [0.25, 0.3) is 0 Å². The van der Waals surface area contributed by atoms with Gasteiger partial charge in [0.2, 0.25) is 0 Å². The molecule has 0 spiro atoms. The maximum Gasteiger partial charge on any atom is 0.0974 e. The molecule has 2 atom stereocenters. The molecule has 2 aromatic carbocycles. The summed E-state index contributed by atoms with van der Waals surface area (Å²) in [6.07, 6.45) is 0.681. The van der Waals surface area contributed by atoms with Crippen LogP contribution in [0.2, 0.25) is 0 Å². The summed E-state index contributed by atoms with van der Waals surface area (Å²) in [5, 5.41) is 11.8. The van der Waals surface area contributed by atoms with Crippen molar-refractivity contribution in [3.8, 4) is 0 Å². The van der Waals surface area contributed by atoms with Gasteiger partial charge in [0, 0.05) is 25.6 Å². The lowest BCUT2D eigenvalue weighted by molar-refractivity contribution is -0.0250. The third kappa shape index (κ3) is 4.12. The maximum atomic E-state index is 11.8. The molecule has 0 saturated carbocycles. The van der Waals surface area contributed by atoms with Gasteiger partial charge in [0.15, 0.2) is 0 Å². The average Bonchev–Trinajstić information content (AvgIpc) is 2.67.